The van der Waals surface area contributed by atoms with Crippen molar-refractivity contribution in [3.63, 3.8) is 0 Å². The van der Waals surface area contributed by atoms with Crippen LogP contribution >= 0.6 is 34.8 Å². The number of nitrogens with zero attached hydrogens (tertiary/aromatic N) is 1. The molecule has 190 valence electrons. The van der Waals surface area contributed by atoms with Crippen LogP contribution in [0.1, 0.15) is 51.6 Å². The van der Waals surface area contributed by atoms with Crippen LogP contribution in [0.4, 0.5) is 9.59 Å². The quantitative estimate of drug-likeness (QED) is 0.420. The molecule has 2 heterocycles. The van der Waals surface area contributed by atoms with Gasteiger partial charge in [0.1, 0.15) is 11.1 Å². The molecule has 5 atom stereocenters. The lowest BCUT2D eigenvalue weighted by Crippen LogP contribution is -2.59. The summed E-state index contributed by atoms with van der Waals surface area (Å²) in [6, 6.07) is 8.12. The Morgan fingerprint density at radius 2 is 1.94 bits per heavy atom. The fraction of sp³-hybridized carbons (Fsp3) is 0.542. The van der Waals surface area contributed by atoms with E-state index in [2.05, 4.69) is 10.6 Å². The van der Waals surface area contributed by atoms with Gasteiger partial charge in [0, 0.05) is 6.04 Å². The monoisotopic (exact) mass is 543 g/mol. The van der Waals surface area contributed by atoms with Gasteiger partial charge in [0.2, 0.25) is 0 Å². The Kier molecular flexibility index (Phi) is 6.94. The van der Waals surface area contributed by atoms with E-state index < -0.39 is 51.2 Å². The van der Waals surface area contributed by atoms with Crippen molar-refractivity contribution < 1.29 is 23.9 Å². The van der Waals surface area contributed by atoms with Gasteiger partial charge in [-0.05, 0) is 45.6 Å². The first-order valence-corrected chi connectivity index (χ1v) is 12.5. The van der Waals surface area contributed by atoms with E-state index in [-0.39, 0.29) is 6.04 Å². The van der Waals surface area contributed by atoms with Gasteiger partial charge in [0.15, 0.2) is 6.10 Å². The molecular formula is C24H28Cl3N3O5. The first-order valence-electron chi connectivity index (χ1n) is 11.4. The zero-order chi connectivity index (χ0) is 25.6. The average molecular weight is 545 g/mol. The summed E-state index contributed by atoms with van der Waals surface area (Å²) in [5, 5.41) is 5.67. The number of alkyl carbamates (subject to hydrolysis) is 2. The van der Waals surface area contributed by atoms with Crippen LogP contribution in [0, 0.1) is 0 Å². The Bertz CT molecular complexity index is 1020. The lowest BCUT2D eigenvalue weighted by Gasteiger charge is -2.42. The Hall–Kier alpha value is -2.16. The van der Waals surface area contributed by atoms with Crippen LogP contribution in [0.15, 0.2) is 42.5 Å². The van der Waals surface area contributed by atoms with Crippen LogP contribution in [0.3, 0.4) is 0 Å². The number of likely N-dealkylation sites (tertiary alicyclic amines) is 1. The van der Waals surface area contributed by atoms with Crippen molar-refractivity contribution in [1.29, 1.82) is 0 Å². The van der Waals surface area contributed by atoms with Gasteiger partial charge in [-0.15, -0.1) is 0 Å². The van der Waals surface area contributed by atoms with Crippen molar-refractivity contribution in [2.75, 3.05) is 0 Å². The van der Waals surface area contributed by atoms with Gasteiger partial charge < -0.3 is 25.0 Å². The van der Waals surface area contributed by atoms with E-state index in [1.807, 2.05) is 42.5 Å². The molecule has 0 saturated carbocycles. The summed E-state index contributed by atoms with van der Waals surface area (Å²) in [6.45, 7) is 5.35. The molecule has 2 fully saturated rings. The van der Waals surface area contributed by atoms with Crippen molar-refractivity contribution in [2.45, 2.75) is 79.2 Å². The topological polar surface area (TPSA) is 97.0 Å². The van der Waals surface area contributed by atoms with E-state index in [0.717, 1.165) is 5.56 Å². The van der Waals surface area contributed by atoms with E-state index in [1.54, 1.807) is 20.8 Å². The Morgan fingerprint density at radius 1 is 1.26 bits per heavy atom. The van der Waals surface area contributed by atoms with Gasteiger partial charge in [0.25, 0.3) is 9.70 Å². The zero-order valence-electron chi connectivity index (χ0n) is 19.6. The van der Waals surface area contributed by atoms with Crippen molar-refractivity contribution in [1.82, 2.24) is 15.5 Å². The van der Waals surface area contributed by atoms with Crippen LogP contribution in [0.5, 0.6) is 0 Å². The fourth-order valence-electron chi connectivity index (χ4n) is 5.19. The number of rotatable bonds is 4. The number of benzene rings is 1. The van der Waals surface area contributed by atoms with Crippen LogP contribution in [-0.2, 0) is 14.3 Å². The standard InChI is InChI=1S/C24H28Cl3N3O5/c1-22(2,3)35-21(33)29-17(14-7-5-4-6-8-14)13-15-9-11-23(30(15)19(31)24(25,26)27)12-10-16-18(23)34-20(32)28-16/h4-8,10,12,15-18H,9,11,13H2,1-3H3,(H,28,32)(H,29,33)/t15-,16+,17+,18+,23+/m1/s1. The molecule has 3 aliphatic rings. The zero-order valence-corrected chi connectivity index (χ0v) is 21.9. The summed E-state index contributed by atoms with van der Waals surface area (Å²) < 4.78 is 8.81. The highest BCUT2D eigenvalue weighted by Crippen LogP contribution is 2.49. The second kappa shape index (κ2) is 9.37. The molecule has 1 aliphatic carbocycles. The smallest absolute Gasteiger partial charge is 0.408 e. The summed E-state index contributed by atoms with van der Waals surface area (Å²) in [5.74, 6) is -0.706. The van der Waals surface area contributed by atoms with E-state index in [4.69, 9.17) is 44.3 Å². The van der Waals surface area contributed by atoms with Crippen molar-refractivity contribution in [2.24, 2.45) is 0 Å². The van der Waals surface area contributed by atoms with E-state index >= 15 is 0 Å². The number of fused-ring (bicyclic) bond motifs is 2. The first kappa shape index (κ1) is 25.9. The molecule has 2 aliphatic heterocycles. The third-order valence-electron chi connectivity index (χ3n) is 6.48. The van der Waals surface area contributed by atoms with Crippen LogP contribution < -0.4 is 10.6 Å². The lowest BCUT2D eigenvalue weighted by molar-refractivity contribution is -0.138. The molecule has 1 aromatic carbocycles. The normalized spacial score (nSPS) is 28.5. The summed E-state index contributed by atoms with van der Waals surface area (Å²) >= 11 is 18.2. The maximum absolute atomic E-state index is 13.5. The van der Waals surface area contributed by atoms with Crippen molar-refractivity contribution >= 4 is 52.9 Å². The molecule has 2 N–H and O–H groups in total. The number of hydrogen-bond donors (Lipinski definition) is 2. The highest BCUT2D eigenvalue weighted by atomic mass is 35.6. The van der Waals surface area contributed by atoms with Gasteiger partial charge in [-0.3, -0.25) is 4.79 Å². The second-order valence-electron chi connectivity index (χ2n) is 10.1. The molecule has 0 aromatic heterocycles. The van der Waals surface area contributed by atoms with E-state index in [9.17, 15) is 14.4 Å². The summed E-state index contributed by atoms with van der Waals surface area (Å²) in [6.07, 6.45) is 3.30. The van der Waals surface area contributed by atoms with Gasteiger partial charge in [-0.1, -0.05) is 77.3 Å². The van der Waals surface area contributed by atoms with E-state index in [1.165, 1.54) is 4.90 Å². The average Bonchev–Trinajstić information content (AvgIpc) is 3.40. The minimum absolute atomic E-state index is 0.337. The number of carbonyl (C=O) groups excluding carboxylic acids is 3. The molecular weight excluding hydrogens is 517 g/mol. The predicted molar refractivity (Wildman–Crippen MR) is 132 cm³/mol. The van der Waals surface area contributed by atoms with Crippen molar-refractivity contribution in [3.05, 3.63) is 48.0 Å². The van der Waals surface area contributed by atoms with Gasteiger partial charge in [0.05, 0.1) is 12.1 Å². The number of nitrogens with one attached hydrogen (secondary N) is 2. The molecule has 1 aromatic rings. The molecule has 8 nitrogen and oxygen atoms in total. The van der Waals surface area contributed by atoms with Gasteiger partial charge in [-0.2, -0.15) is 0 Å². The van der Waals surface area contributed by atoms with Crippen LogP contribution in [0.2, 0.25) is 0 Å². The van der Waals surface area contributed by atoms with Gasteiger partial charge in [-0.25, -0.2) is 9.59 Å². The maximum atomic E-state index is 13.5. The molecule has 0 unspecified atom stereocenters. The Morgan fingerprint density at radius 3 is 2.57 bits per heavy atom. The minimum Gasteiger partial charge on any atom is -0.444 e. The molecule has 35 heavy (non-hydrogen) atoms. The number of hydrogen-bond acceptors (Lipinski definition) is 5. The molecule has 3 amide bonds. The number of alkyl halides is 3. The van der Waals surface area contributed by atoms with E-state index in [0.29, 0.717) is 19.3 Å². The Balaban J connectivity index is 1.65. The largest absolute Gasteiger partial charge is 0.444 e. The fourth-order valence-corrected chi connectivity index (χ4v) is 5.47. The molecule has 11 heteroatoms. The van der Waals surface area contributed by atoms with Gasteiger partial charge >= 0.3 is 12.2 Å². The third kappa shape index (κ3) is 5.34. The number of halogens is 3. The molecule has 1 spiro atoms. The predicted octanol–water partition coefficient (Wildman–Crippen LogP) is 4.79. The minimum atomic E-state index is -2.21. The molecule has 0 radical (unpaired) electrons. The summed E-state index contributed by atoms with van der Waals surface area (Å²) in [4.78, 5) is 39.6. The Labute approximate surface area is 219 Å². The van der Waals surface area contributed by atoms with Crippen LogP contribution in [0.25, 0.3) is 0 Å². The number of amides is 3. The molecule has 0 bridgehead atoms. The maximum Gasteiger partial charge on any atom is 0.408 e. The first-order chi connectivity index (χ1) is 16.3. The number of ether oxygens (including phenoxy) is 2. The summed E-state index contributed by atoms with van der Waals surface area (Å²) in [7, 11) is 0. The lowest BCUT2D eigenvalue weighted by atomic mass is 9.91. The van der Waals surface area contributed by atoms with Crippen molar-refractivity contribution in [3.8, 4) is 0 Å². The van der Waals surface area contributed by atoms with Crippen LogP contribution in [-0.4, -0.2) is 56.1 Å². The molecule has 4 rings (SSSR count). The number of carbonyl (C=O) groups is 3. The SMILES string of the molecule is CC(C)(C)OC(=O)N[C@@H](C[C@H]1CC[C@@]2(C=C[C@@H]3NC(=O)O[C@@H]32)N1C(=O)C(Cl)(Cl)Cl)c1ccccc1. The second-order valence-corrected chi connectivity index (χ2v) is 12.3. The molecule has 2 saturated heterocycles. The third-order valence-corrected chi connectivity index (χ3v) is 6.97. The summed E-state index contributed by atoms with van der Waals surface area (Å²) in [5.41, 5.74) is -0.791. The highest BCUT2D eigenvalue weighted by molar-refractivity contribution is 6.76. The highest BCUT2D eigenvalue weighted by Gasteiger charge is 2.62.